The highest BCUT2D eigenvalue weighted by Gasteiger charge is 2.19. The maximum atomic E-state index is 5.97. The van der Waals surface area contributed by atoms with Gasteiger partial charge in [0.15, 0.2) is 5.76 Å². The van der Waals surface area contributed by atoms with Crippen LogP contribution in [0.3, 0.4) is 0 Å². The number of hydrogen-bond acceptors (Lipinski definition) is 3. The molecule has 0 bridgehead atoms. The fraction of sp³-hybridized carbons (Fsp3) is 0.412. The van der Waals surface area contributed by atoms with Gasteiger partial charge in [0.05, 0.1) is 0 Å². The average Bonchev–Trinajstić information content (AvgIpc) is 2.41. The fourth-order valence-corrected chi connectivity index (χ4v) is 3.29. The minimum Gasteiger partial charge on any atom is -0.542 e. The van der Waals surface area contributed by atoms with Crippen LogP contribution in [0.4, 0.5) is 0 Å². The van der Waals surface area contributed by atoms with Gasteiger partial charge in [-0.2, -0.15) is 0 Å². The molecule has 0 heterocycles. The molecular weight excluding hydrogens is 296 g/mol. The lowest BCUT2D eigenvalue weighted by molar-refractivity contribution is 0.348. The first kappa shape index (κ1) is 17.9. The van der Waals surface area contributed by atoms with Crippen LogP contribution in [-0.2, 0) is 4.43 Å². The lowest BCUT2D eigenvalue weighted by Crippen LogP contribution is -2.25. The molecule has 0 aromatic heterocycles. The molecule has 0 amide bonds. The topological polar surface area (TPSA) is 18.5 Å². The van der Waals surface area contributed by atoms with Crippen molar-refractivity contribution in [3.63, 3.8) is 0 Å². The van der Waals surface area contributed by atoms with Gasteiger partial charge in [0.25, 0.3) is 0 Å². The Morgan fingerprint density at radius 3 is 2.48 bits per heavy atom. The first-order valence-electron chi connectivity index (χ1n) is 7.35. The molecule has 1 aromatic rings. The molecule has 4 heteroatoms. The number of para-hydroxylation sites is 1. The quantitative estimate of drug-likeness (QED) is 0.247. The van der Waals surface area contributed by atoms with Crippen LogP contribution in [0.2, 0.25) is 19.6 Å². The highest BCUT2D eigenvalue weighted by Crippen LogP contribution is 2.23. The minimum atomic E-state index is -1.68. The summed E-state index contributed by atoms with van der Waals surface area (Å²) >= 11 is 1.75. The summed E-state index contributed by atoms with van der Waals surface area (Å²) in [5.41, 5.74) is 0. The predicted molar refractivity (Wildman–Crippen MR) is 96.1 cm³/mol. The van der Waals surface area contributed by atoms with Crippen molar-refractivity contribution in [3.05, 3.63) is 53.8 Å². The van der Waals surface area contributed by atoms with Gasteiger partial charge in [-0.15, -0.1) is 11.8 Å². The molecular formula is C17H26O2SSi. The Morgan fingerprint density at radius 1 is 1.24 bits per heavy atom. The third-order valence-corrected chi connectivity index (χ3v) is 4.25. The molecule has 0 N–H and O–H groups in total. The van der Waals surface area contributed by atoms with Crippen LogP contribution in [-0.4, -0.2) is 14.1 Å². The predicted octanol–water partition coefficient (Wildman–Crippen LogP) is 5.81. The fourth-order valence-electron chi connectivity index (χ4n) is 1.54. The zero-order valence-electron chi connectivity index (χ0n) is 13.5. The number of ether oxygens (including phenoxy) is 1. The van der Waals surface area contributed by atoms with E-state index < -0.39 is 8.32 Å². The number of thioether (sulfide) groups is 1. The van der Waals surface area contributed by atoms with Crippen molar-refractivity contribution in [1.29, 1.82) is 0 Å². The summed E-state index contributed by atoms with van der Waals surface area (Å²) in [4.78, 5) is 0. The molecule has 2 nitrogen and oxygen atoms in total. The van der Waals surface area contributed by atoms with E-state index in [1.807, 2.05) is 35.7 Å². The van der Waals surface area contributed by atoms with E-state index in [4.69, 9.17) is 9.16 Å². The standard InChI is InChI=1S/C17H26O2SSi/c1-6-7-13-20-14-17(15(2)19-21(3,4)5)18-16-11-9-8-10-12-16/h8-12,14H,2,6-7,13H2,1,3-5H3/b17-14-. The number of unbranched alkanes of at least 4 members (excludes halogenated alkanes) is 1. The smallest absolute Gasteiger partial charge is 0.242 e. The van der Waals surface area contributed by atoms with Crippen molar-refractivity contribution in [1.82, 2.24) is 0 Å². The third-order valence-electron chi connectivity index (χ3n) is 2.48. The number of rotatable bonds is 9. The Morgan fingerprint density at radius 2 is 1.90 bits per heavy atom. The number of hydrogen-bond donors (Lipinski definition) is 0. The van der Waals surface area contributed by atoms with Gasteiger partial charge in [0.2, 0.25) is 8.32 Å². The van der Waals surface area contributed by atoms with Crippen LogP contribution in [0.1, 0.15) is 19.8 Å². The number of benzene rings is 1. The van der Waals surface area contributed by atoms with E-state index in [0.717, 1.165) is 11.5 Å². The molecule has 1 rings (SSSR count). The van der Waals surface area contributed by atoms with E-state index in [2.05, 4.69) is 33.1 Å². The van der Waals surface area contributed by atoms with Gasteiger partial charge in [0, 0.05) is 5.41 Å². The van der Waals surface area contributed by atoms with Gasteiger partial charge in [-0.05, 0) is 43.9 Å². The molecule has 21 heavy (non-hydrogen) atoms. The van der Waals surface area contributed by atoms with Crippen molar-refractivity contribution in [2.75, 3.05) is 5.75 Å². The SMILES string of the molecule is C=C(O[Si](C)(C)C)/C(=C/SCCCC)Oc1ccccc1. The Balaban J connectivity index is 2.76. The molecule has 0 radical (unpaired) electrons. The van der Waals surface area contributed by atoms with E-state index in [1.165, 1.54) is 12.8 Å². The summed E-state index contributed by atoms with van der Waals surface area (Å²) in [6.45, 7) is 12.7. The van der Waals surface area contributed by atoms with E-state index in [1.54, 1.807) is 11.8 Å². The Hall–Kier alpha value is -1.13. The molecule has 116 valence electrons. The molecule has 0 saturated heterocycles. The highest BCUT2D eigenvalue weighted by atomic mass is 32.2. The van der Waals surface area contributed by atoms with Crippen molar-refractivity contribution in [2.24, 2.45) is 0 Å². The lowest BCUT2D eigenvalue weighted by atomic mass is 10.3. The second kappa shape index (κ2) is 9.00. The van der Waals surface area contributed by atoms with Crippen molar-refractivity contribution < 1.29 is 9.16 Å². The zero-order chi connectivity index (χ0) is 15.7. The van der Waals surface area contributed by atoms with Gasteiger partial charge in [0.1, 0.15) is 11.5 Å². The van der Waals surface area contributed by atoms with Gasteiger partial charge in [-0.1, -0.05) is 38.1 Å². The molecule has 0 fully saturated rings. The zero-order valence-corrected chi connectivity index (χ0v) is 15.3. The highest BCUT2D eigenvalue weighted by molar-refractivity contribution is 8.02. The Kier molecular flexibility index (Phi) is 7.68. The van der Waals surface area contributed by atoms with E-state index >= 15 is 0 Å². The van der Waals surface area contributed by atoms with Crippen molar-refractivity contribution in [2.45, 2.75) is 39.4 Å². The Labute approximate surface area is 134 Å². The van der Waals surface area contributed by atoms with Gasteiger partial charge < -0.3 is 9.16 Å². The first-order chi connectivity index (χ1) is 9.92. The molecule has 0 unspecified atom stereocenters. The third kappa shape index (κ3) is 8.02. The minimum absolute atomic E-state index is 0.627. The van der Waals surface area contributed by atoms with Gasteiger partial charge in [-0.25, -0.2) is 0 Å². The molecule has 0 aliphatic heterocycles. The molecule has 0 aliphatic rings. The Bertz CT molecular complexity index is 463. The lowest BCUT2D eigenvalue weighted by Gasteiger charge is -2.22. The summed E-state index contributed by atoms with van der Waals surface area (Å²) < 4.78 is 11.9. The van der Waals surface area contributed by atoms with Crippen molar-refractivity contribution >= 4 is 20.1 Å². The van der Waals surface area contributed by atoms with Crippen LogP contribution < -0.4 is 4.74 Å². The van der Waals surface area contributed by atoms with Crippen LogP contribution >= 0.6 is 11.8 Å². The van der Waals surface area contributed by atoms with Crippen LogP contribution in [0, 0.1) is 0 Å². The molecule has 0 saturated carbocycles. The second-order valence-electron chi connectivity index (χ2n) is 5.76. The van der Waals surface area contributed by atoms with Crippen LogP contribution in [0.25, 0.3) is 0 Å². The van der Waals surface area contributed by atoms with E-state index in [-0.39, 0.29) is 0 Å². The average molecular weight is 323 g/mol. The largest absolute Gasteiger partial charge is 0.542 e. The molecule has 0 aliphatic carbocycles. The normalized spacial score (nSPS) is 12.1. The summed E-state index contributed by atoms with van der Waals surface area (Å²) in [5, 5.41) is 2.02. The first-order valence-corrected chi connectivity index (χ1v) is 11.8. The maximum Gasteiger partial charge on any atom is 0.242 e. The van der Waals surface area contributed by atoms with E-state index in [9.17, 15) is 0 Å². The summed E-state index contributed by atoms with van der Waals surface area (Å²) in [6.07, 6.45) is 2.39. The van der Waals surface area contributed by atoms with Gasteiger partial charge >= 0.3 is 0 Å². The summed E-state index contributed by atoms with van der Waals surface area (Å²) in [7, 11) is -1.68. The second-order valence-corrected chi connectivity index (χ2v) is 11.2. The van der Waals surface area contributed by atoms with Gasteiger partial charge in [-0.3, -0.25) is 0 Å². The van der Waals surface area contributed by atoms with E-state index in [0.29, 0.717) is 11.5 Å². The monoisotopic (exact) mass is 322 g/mol. The summed E-state index contributed by atoms with van der Waals surface area (Å²) in [5.74, 6) is 3.23. The maximum absolute atomic E-state index is 5.97. The molecule has 1 aromatic carbocycles. The van der Waals surface area contributed by atoms with Crippen LogP contribution in [0.15, 0.2) is 53.8 Å². The van der Waals surface area contributed by atoms with Crippen molar-refractivity contribution in [3.8, 4) is 5.75 Å². The summed E-state index contributed by atoms with van der Waals surface area (Å²) in [6, 6.07) is 9.76. The van der Waals surface area contributed by atoms with Crippen LogP contribution in [0.5, 0.6) is 5.75 Å². The molecule has 0 atom stereocenters. The molecule has 0 spiro atoms.